The van der Waals surface area contributed by atoms with Crippen LogP contribution in [0.25, 0.3) is 0 Å². The molecule has 0 aliphatic carbocycles. The van der Waals surface area contributed by atoms with Crippen molar-refractivity contribution in [3.63, 3.8) is 0 Å². The van der Waals surface area contributed by atoms with Gasteiger partial charge < -0.3 is 10.1 Å². The van der Waals surface area contributed by atoms with E-state index in [1.54, 1.807) is 17.8 Å². The summed E-state index contributed by atoms with van der Waals surface area (Å²) < 4.78 is 4.44. The Kier molecular flexibility index (Phi) is 5.56. The predicted molar refractivity (Wildman–Crippen MR) is 68.0 cm³/mol. The van der Waals surface area contributed by atoms with Crippen LogP contribution in [0, 0.1) is 0 Å². The number of esters is 1. The summed E-state index contributed by atoms with van der Waals surface area (Å²) in [6.07, 6.45) is 2.00. The largest absolute Gasteiger partial charge is 0.468 e. The van der Waals surface area contributed by atoms with Gasteiger partial charge in [0.25, 0.3) is 5.91 Å². The van der Waals surface area contributed by atoms with Crippen LogP contribution in [0.3, 0.4) is 0 Å². The molecule has 1 amide bonds. The van der Waals surface area contributed by atoms with E-state index in [9.17, 15) is 9.59 Å². The van der Waals surface area contributed by atoms with Crippen molar-refractivity contribution in [2.45, 2.75) is 5.75 Å². The van der Waals surface area contributed by atoms with Gasteiger partial charge in [0, 0.05) is 11.3 Å². The summed E-state index contributed by atoms with van der Waals surface area (Å²) in [6, 6.07) is 7.34. The molecule has 0 atom stereocenters. The third kappa shape index (κ3) is 4.48. The molecule has 1 aromatic rings. The highest BCUT2D eigenvalue weighted by molar-refractivity contribution is 7.97. The number of amides is 1. The van der Waals surface area contributed by atoms with Gasteiger partial charge in [0.1, 0.15) is 6.54 Å². The first-order valence-electron chi connectivity index (χ1n) is 5.10. The second-order valence-electron chi connectivity index (χ2n) is 3.39. The lowest BCUT2D eigenvalue weighted by atomic mass is 10.1. The zero-order chi connectivity index (χ0) is 12.7. The third-order valence-corrected chi connectivity index (χ3v) is 2.74. The van der Waals surface area contributed by atoms with Crippen LogP contribution in [0.4, 0.5) is 0 Å². The standard InChI is InChI=1S/C12H15NO3S/c1-16-11(14)7-13-12(15)10-5-3-4-9(6-10)8-17-2/h3-6H,7-8H2,1-2H3,(H,13,15). The number of benzene rings is 1. The first kappa shape index (κ1) is 13.6. The minimum atomic E-state index is -0.460. The molecule has 1 rings (SSSR count). The Morgan fingerprint density at radius 1 is 1.41 bits per heavy atom. The molecule has 0 radical (unpaired) electrons. The molecule has 1 N–H and O–H groups in total. The smallest absolute Gasteiger partial charge is 0.325 e. The van der Waals surface area contributed by atoms with Crippen LogP contribution in [-0.2, 0) is 15.3 Å². The summed E-state index contributed by atoms with van der Waals surface area (Å²) in [7, 11) is 1.29. The van der Waals surface area contributed by atoms with Gasteiger partial charge in [-0.15, -0.1) is 0 Å². The molecule has 1 aromatic carbocycles. The zero-order valence-electron chi connectivity index (χ0n) is 9.86. The van der Waals surface area contributed by atoms with Crippen LogP contribution in [0.15, 0.2) is 24.3 Å². The van der Waals surface area contributed by atoms with Crippen molar-refractivity contribution in [2.75, 3.05) is 19.9 Å². The highest BCUT2D eigenvalue weighted by Crippen LogP contribution is 2.11. The lowest BCUT2D eigenvalue weighted by Gasteiger charge is -2.05. The lowest BCUT2D eigenvalue weighted by Crippen LogP contribution is -2.30. The molecule has 17 heavy (non-hydrogen) atoms. The van der Waals surface area contributed by atoms with E-state index in [0.29, 0.717) is 5.56 Å². The fourth-order valence-corrected chi connectivity index (χ4v) is 1.81. The van der Waals surface area contributed by atoms with Gasteiger partial charge >= 0.3 is 5.97 Å². The molecular formula is C12H15NO3S. The maximum Gasteiger partial charge on any atom is 0.325 e. The molecule has 5 heteroatoms. The predicted octanol–water partition coefficient (Wildman–Crippen LogP) is 1.45. The van der Waals surface area contributed by atoms with Crippen LogP contribution in [-0.4, -0.2) is 31.8 Å². The van der Waals surface area contributed by atoms with Crippen molar-refractivity contribution in [1.29, 1.82) is 0 Å². The minimum absolute atomic E-state index is 0.109. The number of hydrogen-bond donors (Lipinski definition) is 1. The highest BCUT2D eigenvalue weighted by atomic mass is 32.2. The van der Waals surface area contributed by atoms with Crippen molar-refractivity contribution in [2.24, 2.45) is 0 Å². The fourth-order valence-electron chi connectivity index (χ4n) is 1.30. The zero-order valence-corrected chi connectivity index (χ0v) is 10.7. The molecule has 0 saturated heterocycles. The summed E-state index contributed by atoms with van der Waals surface area (Å²) in [4.78, 5) is 22.6. The fraction of sp³-hybridized carbons (Fsp3) is 0.333. The number of rotatable bonds is 5. The average molecular weight is 253 g/mol. The molecule has 92 valence electrons. The van der Waals surface area contributed by atoms with E-state index in [4.69, 9.17) is 0 Å². The van der Waals surface area contributed by atoms with Crippen LogP contribution < -0.4 is 5.32 Å². The summed E-state index contributed by atoms with van der Waals surface area (Å²) in [5, 5.41) is 2.50. The number of thioether (sulfide) groups is 1. The van der Waals surface area contributed by atoms with Crippen molar-refractivity contribution in [3.8, 4) is 0 Å². The first-order chi connectivity index (χ1) is 8.17. The van der Waals surface area contributed by atoms with Crippen molar-refractivity contribution in [1.82, 2.24) is 5.32 Å². The van der Waals surface area contributed by atoms with Gasteiger partial charge in [-0.3, -0.25) is 9.59 Å². The van der Waals surface area contributed by atoms with E-state index < -0.39 is 5.97 Å². The van der Waals surface area contributed by atoms with Crippen LogP contribution in [0.1, 0.15) is 15.9 Å². The summed E-state index contributed by atoms with van der Waals surface area (Å²) in [5.41, 5.74) is 1.64. The Labute approximate surface area is 105 Å². The van der Waals surface area contributed by atoms with Crippen molar-refractivity contribution >= 4 is 23.6 Å². The van der Waals surface area contributed by atoms with Gasteiger partial charge in [-0.05, 0) is 24.0 Å². The molecule has 0 aromatic heterocycles. The molecule has 0 fully saturated rings. The Morgan fingerprint density at radius 2 is 2.18 bits per heavy atom. The summed E-state index contributed by atoms with van der Waals surface area (Å²) >= 11 is 1.69. The van der Waals surface area contributed by atoms with E-state index in [1.807, 2.05) is 24.5 Å². The van der Waals surface area contributed by atoms with E-state index in [0.717, 1.165) is 11.3 Å². The Balaban J connectivity index is 2.62. The van der Waals surface area contributed by atoms with Crippen LogP contribution in [0.5, 0.6) is 0 Å². The quantitative estimate of drug-likeness (QED) is 0.807. The first-order valence-corrected chi connectivity index (χ1v) is 6.49. The molecule has 4 nitrogen and oxygen atoms in total. The van der Waals surface area contributed by atoms with Gasteiger partial charge in [0.2, 0.25) is 0 Å². The highest BCUT2D eigenvalue weighted by Gasteiger charge is 2.08. The number of hydrogen-bond acceptors (Lipinski definition) is 4. The van der Waals surface area contributed by atoms with E-state index >= 15 is 0 Å². The van der Waals surface area contributed by atoms with Crippen molar-refractivity contribution < 1.29 is 14.3 Å². The summed E-state index contributed by atoms with van der Waals surface area (Å²) in [5.74, 6) is 0.134. The molecular weight excluding hydrogens is 238 g/mol. The molecule has 0 aliphatic rings. The van der Waals surface area contributed by atoms with E-state index in [2.05, 4.69) is 10.1 Å². The number of nitrogens with one attached hydrogen (secondary N) is 1. The number of carbonyl (C=O) groups excluding carboxylic acids is 2. The molecule has 0 unspecified atom stereocenters. The topological polar surface area (TPSA) is 55.4 Å². The van der Waals surface area contributed by atoms with Crippen LogP contribution in [0.2, 0.25) is 0 Å². The van der Waals surface area contributed by atoms with Gasteiger partial charge in [-0.1, -0.05) is 12.1 Å². The number of methoxy groups -OCH3 is 1. The molecule has 0 heterocycles. The van der Waals surface area contributed by atoms with E-state index in [-0.39, 0.29) is 12.5 Å². The number of ether oxygens (including phenoxy) is 1. The van der Waals surface area contributed by atoms with Gasteiger partial charge in [0.05, 0.1) is 7.11 Å². The lowest BCUT2D eigenvalue weighted by molar-refractivity contribution is -0.139. The van der Waals surface area contributed by atoms with Gasteiger partial charge in [0.15, 0.2) is 0 Å². The average Bonchev–Trinajstić information content (AvgIpc) is 2.36. The molecule has 0 spiro atoms. The third-order valence-electron chi connectivity index (χ3n) is 2.12. The molecule has 0 bridgehead atoms. The minimum Gasteiger partial charge on any atom is -0.468 e. The second-order valence-corrected chi connectivity index (χ2v) is 4.26. The SMILES string of the molecule is COC(=O)CNC(=O)c1cccc(CSC)c1. The second kappa shape index (κ2) is 6.96. The van der Waals surface area contributed by atoms with E-state index in [1.165, 1.54) is 7.11 Å². The Morgan fingerprint density at radius 3 is 2.82 bits per heavy atom. The number of carbonyl (C=O) groups is 2. The van der Waals surface area contributed by atoms with Gasteiger partial charge in [-0.2, -0.15) is 11.8 Å². The normalized spacial score (nSPS) is 9.76. The maximum atomic E-state index is 11.7. The van der Waals surface area contributed by atoms with Crippen molar-refractivity contribution in [3.05, 3.63) is 35.4 Å². The van der Waals surface area contributed by atoms with Crippen LogP contribution >= 0.6 is 11.8 Å². The molecule has 0 aliphatic heterocycles. The van der Waals surface area contributed by atoms with Gasteiger partial charge in [-0.25, -0.2) is 0 Å². The monoisotopic (exact) mass is 253 g/mol. The Bertz CT molecular complexity index is 406. The summed E-state index contributed by atoms with van der Waals surface area (Å²) in [6.45, 7) is -0.109. The molecule has 0 saturated carbocycles. The Hall–Kier alpha value is -1.49. The maximum absolute atomic E-state index is 11.7.